The Morgan fingerprint density at radius 3 is 2.24 bits per heavy atom. The number of allylic oxidation sites excluding steroid dienone is 1. The number of benzene rings is 2. The number of hydrogen-bond acceptors (Lipinski definition) is 5. The maximum Gasteiger partial charge on any atom is 0.216 e. The zero-order valence-electron chi connectivity index (χ0n) is 16.2. The van der Waals surface area contributed by atoms with Crippen LogP contribution in [0.15, 0.2) is 63.7 Å². The summed E-state index contributed by atoms with van der Waals surface area (Å²) in [6.45, 7) is 6.35. The molecule has 0 amide bonds. The number of nitriles is 1. The van der Waals surface area contributed by atoms with Crippen LogP contribution in [0.1, 0.15) is 32.0 Å². The van der Waals surface area contributed by atoms with Crippen molar-refractivity contribution in [2.45, 2.75) is 31.1 Å². The van der Waals surface area contributed by atoms with Crippen molar-refractivity contribution in [2.24, 2.45) is 0 Å². The van der Waals surface area contributed by atoms with E-state index in [1.165, 1.54) is 30.3 Å². The lowest BCUT2D eigenvalue weighted by molar-refractivity contribution is 0.573. The van der Waals surface area contributed by atoms with Crippen LogP contribution in [-0.4, -0.2) is 13.4 Å². The summed E-state index contributed by atoms with van der Waals surface area (Å²) in [6, 6.07) is 14.9. The second kappa shape index (κ2) is 8.11. The molecule has 0 fully saturated rings. The first kappa shape index (κ1) is 21.3. The molecule has 1 heterocycles. The molecule has 1 aromatic heterocycles. The number of rotatable bonds is 4. The molecule has 0 spiro atoms. The van der Waals surface area contributed by atoms with Gasteiger partial charge in [-0.25, -0.2) is 13.4 Å². The lowest BCUT2D eigenvalue weighted by atomic mass is 9.93. The molecule has 0 atom stereocenters. The van der Waals surface area contributed by atoms with Gasteiger partial charge in [-0.05, 0) is 35.9 Å². The van der Waals surface area contributed by atoms with Gasteiger partial charge in [-0.3, -0.25) is 0 Å². The van der Waals surface area contributed by atoms with E-state index in [4.69, 9.17) is 11.6 Å². The van der Waals surface area contributed by atoms with Crippen molar-refractivity contribution < 1.29 is 8.42 Å². The van der Waals surface area contributed by atoms with E-state index in [1.807, 2.05) is 12.1 Å². The monoisotopic (exact) mass is 442 g/mol. The van der Waals surface area contributed by atoms with Crippen LogP contribution in [0.2, 0.25) is 5.02 Å². The minimum atomic E-state index is -3.91. The second-order valence-electron chi connectivity index (χ2n) is 7.49. The van der Waals surface area contributed by atoms with Crippen LogP contribution >= 0.6 is 22.9 Å². The van der Waals surface area contributed by atoms with Crippen LogP contribution in [0.5, 0.6) is 0 Å². The van der Waals surface area contributed by atoms with Crippen LogP contribution in [0.25, 0.3) is 16.6 Å². The molecule has 4 nitrogen and oxygen atoms in total. The van der Waals surface area contributed by atoms with Crippen molar-refractivity contribution in [2.75, 3.05) is 0 Å². The maximum atomic E-state index is 12.7. The highest BCUT2D eigenvalue weighted by Gasteiger charge is 2.21. The van der Waals surface area contributed by atoms with Gasteiger partial charge in [0.05, 0.1) is 10.6 Å². The van der Waals surface area contributed by atoms with Gasteiger partial charge in [0.2, 0.25) is 9.84 Å². The molecule has 2 aromatic carbocycles. The first-order valence-corrected chi connectivity index (χ1v) is 11.5. The molecule has 0 aliphatic heterocycles. The SMILES string of the molecule is CC(C)(C)c1csc(-c2ccc(C=C(C#N)S(=O)(=O)c3ccc(Cl)cc3)cc2)n1. The van der Waals surface area contributed by atoms with Gasteiger partial charge in [0, 0.05) is 21.4 Å². The van der Waals surface area contributed by atoms with Crippen molar-refractivity contribution >= 4 is 38.9 Å². The third-order valence-electron chi connectivity index (χ3n) is 4.25. The van der Waals surface area contributed by atoms with Gasteiger partial charge in [0.1, 0.15) is 16.0 Å². The topological polar surface area (TPSA) is 70.8 Å². The smallest absolute Gasteiger partial charge is 0.216 e. The Hall–Kier alpha value is -2.46. The molecule has 0 saturated heterocycles. The fourth-order valence-electron chi connectivity index (χ4n) is 2.53. The van der Waals surface area contributed by atoms with Gasteiger partial charge in [0.25, 0.3) is 0 Å². The highest BCUT2D eigenvalue weighted by molar-refractivity contribution is 7.95. The quantitative estimate of drug-likeness (QED) is 0.457. The van der Waals surface area contributed by atoms with E-state index in [0.29, 0.717) is 10.6 Å². The number of halogens is 1. The number of nitrogens with zero attached hydrogens (tertiary/aromatic N) is 2. The summed E-state index contributed by atoms with van der Waals surface area (Å²) in [7, 11) is -3.91. The van der Waals surface area contributed by atoms with Crippen LogP contribution in [0.3, 0.4) is 0 Å². The van der Waals surface area contributed by atoms with Gasteiger partial charge in [-0.1, -0.05) is 56.6 Å². The molecule has 0 aliphatic rings. The summed E-state index contributed by atoms with van der Waals surface area (Å²) < 4.78 is 25.4. The van der Waals surface area contributed by atoms with Crippen molar-refractivity contribution in [3.05, 3.63) is 75.1 Å². The average Bonchev–Trinajstić information content (AvgIpc) is 3.17. The fourth-order valence-corrected chi connectivity index (χ4v) is 4.87. The molecule has 29 heavy (non-hydrogen) atoms. The Morgan fingerprint density at radius 2 is 1.72 bits per heavy atom. The van der Waals surface area contributed by atoms with E-state index >= 15 is 0 Å². The molecule has 0 radical (unpaired) electrons. The molecule has 0 bridgehead atoms. The van der Waals surface area contributed by atoms with Gasteiger partial charge in [-0.2, -0.15) is 5.26 Å². The van der Waals surface area contributed by atoms with E-state index in [-0.39, 0.29) is 15.2 Å². The Labute approximate surface area is 180 Å². The van der Waals surface area contributed by atoms with Crippen molar-refractivity contribution in [1.82, 2.24) is 4.98 Å². The van der Waals surface area contributed by atoms with Crippen molar-refractivity contribution in [1.29, 1.82) is 5.26 Å². The van der Waals surface area contributed by atoms with Gasteiger partial charge in [-0.15, -0.1) is 11.3 Å². The normalized spacial score (nSPS) is 12.6. The minimum Gasteiger partial charge on any atom is -0.241 e. The van der Waals surface area contributed by atoms with Crippen LogP contribution in [0, 0.1) is 11.3 Å². The summed E-state index contributed by atoms with van der Waals surface area (Å²) >= 11 is 7.39. The lowest BCUT2D eigenvalue weighted by Crippen LogP contribution is -2.11. The Balaban J connectivity index is 1.90. The van der Waals surface area contributed by atoms with Gasteiger partial charge >= 0.3 is 0 Å². The van der Waals surface area contributed by atoms with E-state index < -0.39 is 9.84 Å². The number of sulfone groups is 1. The maximum absolute atomic E-state index is 12.7. The molecule has 7 heteroatoms. The Kier molecular flexibility index (Phi) is 5.95. The molecular formula is C22H19ClN2O2S2. The number of hydrogen-bond donors (Lipinski definition) is 0. The summed E-state index contributed by atoms with van der Waals surface area (Å²) in [6.07, 6.45) is 1.37. The summed E-state index contributed by atoms with van der Waals surface area (Å²) in [5, 5.41) is 12.8. The highest BCUT2D eigenvalue weighted by atomic mass is 35.5. The first-order chi connectivity index (χ1) is 13.6. The van der Waals surface area contributed by atoms with Crippen molar-refractivity contribution in [3.8, 4) is 16.6 Å². The molecule has 0 unspecified atom stereocenters. The van der Waals surface area contributed by atoms with Crippen LogP contribution in [-0.2, 0) is 15.3 Å². The predicted molar refractivity (Wildman–Crippen MR) is 118 cm³/mol. The third kappa shape index (κ3) is 4.76. The Morgan fingerprint density at radius 1 is 1.10 bits per heavy atom. The van der Waals surface area contributed by atoms with Gasteiger partial charge in [0.15, 0.2) is 0 Å². The number of aromatic nitrogens is 1. The predicted octanol–water partition coefficient (Wildman–Crippen LogP) is 6.10. The molecular weight excluding hydrogens is 424 g/mol. The molecule has 0 aliphatic carbocycles. The summed E-state index contributed by atoms with van der Waals surface area (Å²) in [5.41, 5.74) is 2.58. The summed E-state index contributed by atoms with van der Waals surface area (Å²) in [5.74, 6) is 0. The molecule has 0 N–H and O–H groups in total. The van der Waals surface area contributed by atoms with E-state index in [1.54, 1.807) is 29.5 Å². The zero-order valence-corrected chi connectivity index (χ0v) is 18.6. The first-order valence-electron chi connectivity index (χ1n) is 8.80. The molecule has 3 aromatic rings. The molecule has 3 rings (SSSR count). The standard InChI is InChI=1S/C22H19ClN2O2S2/c1-22(2,3)20-14-28-21(25-20)16-6-4-15(5-7-16)12-19(13-24)29(26,27)18-10-8-17(23)9-11-18/h4-12,14H,1-3H3. The summed E-state index contributed by atoms with van der Waals surface area (Å²) in [4.78, 5) is 4.40. The van der Waals surface area contributed by atoms with Crippen LogP contribution in [0.4, 0.5) is 0 Å². The van der Waals surface area contributed by atoms with Crippen molar-refractivity contribution in [3.63, 3.8) is 0 Å². The zero-order chi connectivity index (χ0) is 21.2. The highest BCUT2D eigenvalue weighted by Crippen LogP contribution is 2.30. The molecule has 148 valence electrons. The third-order valence-corrected chi connectivity index (χ3v) is 7.08. The lowest BCUT2D eigenvalue weighted by Gasteiger charge is -2.14. The largest absolute Gasteiger partial charge is 0.241 e. The fraction of sp³-hybridized carbons (Fsp3) is 0.182. The van der Waals surface area contributed by atoms with E-state index in [9.17, 15) is 13.7 Å². The van der Waals surface area contributed by atoms with E-state index in [2.05, 4.69) is 31.1 Å². The number of thiazole rings is 1. The molecule has 0 saturated carbocycles. The van der Waals surface area contributed by atoms with Crippen LogP contribution < -0.4 is 0 Å². The van der Waals surface area contributed by atoms with Gasteiger partial charge < -0.3 is 0 Å². The average molecular weight is 443 g/mol. The second-order valence-corrected chi connectivity index (χ2v) is 10.7. The minimum absolute atomic E-state index is 0.0187. The van der Waals surface area contributed by atoms with E-state index in [0.717, 1.165) is 16.3 Å². The Bertz CT molecular complexity index is 1200.